The van der Waals surface area contributed by atoms with Crippen LogP contribution in [0.1, 0.15) is 6.92 Å². The van der Waals surface area contributed by atoms with E-state index in [4.69, 9.17) is 9.73 Å². The lowest BCUT2D eigenvalue weighted by Gasteiger charge is -2.05. The Morgan fingerprint density at radius 3 is 2.65 bits per heavy atom. The van der Waals surface area contributed by atoms with Crippen molar-refractivity contribution >= 4 is 28.4 Å². The lowest BCUT2D eigenvalue weighted by atomic mass is 10.3. The highest BCUT2D eigenvalue weighted by molar-refractivity contribution is 7.14. The van der Waals surface area contributed by atoms with E-state index in [2.05, 4.69) is 21.4 Å². The fourth-order valence-corrected chi connectivity index (χ4v) is 4.02. The molecule has 0 amide bonds. The van der Waals surface area contributed by atoms with Crippen LogP contribution in [0.4, 0.5) is 5.69 Å². The minimum Gasteiger partial charge on any atom is -0.494 e. The third-order valence-electron chi connectivity index (χ3n) is 3.27. The zero-order chi connectivity index (χ0) is 16.1. The molecule has 0 aliphatic heterocycles. The second-order valence-corrected chi connectivity index (χ2v) is 6.58. The largest absolute Gasteiger partial charge is 0.494 e. The lowest BCUT2D eigenvalue weighted by Crippen LogP contribution is -2.17. The number of aromatic nitrogens is 1. The molecule has 3 rings (SSSR count). The van der Waals surface area contributed by atoms with Gasteiger partial charge in [-0.3, -0.25) is 0 Å². The molecule has 0 saturated carbocycles. The number of nitrogens with zero attached hydrogens (tertiary/aromatic N) is 2. The van der Waals surface area contributed by atoms with E-state index < -0.39 is 0 Å². The SMILES string of the molecule is CCOc1ccc(N=c2scc(-c3cccs3)n2CCO)cc1. The number of rotatable bonds is 6. The number of benzene rings is 1. The summed E-state index contributed by atoms with van der Waals surface area (Å²) < 4.78 is 7.51. The molecule has 4 nitrogen and oxygen atoms in total. The standard InChI is InChI=1S/C17H18N2O2S2/c1-2-21-14-7-5-13(6-8-14)18-17-19(9-10-20)15(12-23-17)16-4-3-11-22-16/h3-8,11-12,20H,2,9-10H2,1H3. The van der Waals surface area contributed by atoms with Gasteiger partial charge in [0, 0.05) is 11.9 Å². The van der Waals surface area contributed by atoms with Crippen LogP contribution in [0.25, 0.3) is 10.6 Å². The predicted molar refractivity (Wildman–Crippen MR) is 95.5 cm³/mol. The Bertz CT molecular complexity index is 802. The molecule has 0 saturated heterocycles. The van der Waals surface area contributed by atoms with Gasteiger partial charge >= 0.3 is 0 Å². The van der Waals surface area contributed by atoms with Crippen molar-refractivity contribution in [1.82, 2.24) is 4.57 Å². The third-order valence-corrected chi connectivity index (χ3v) is 5.02. The molecule has 2 heterocycles. The van der Waals surface area contributed by atoms with Crippen molar-refractivity contribution in [3.8, 4) is 16.3 Å². The predicted octanol–water partition coefficient (Wildman–Crippen LogP) is 3.90. The smallest absolute Gasteiger partial charge is 0.190 e. The summed E-state index contributed by atoms with van der Waals surface area (Å²) in [6.45, 7) is 3.24. The normalized spacial score (nSPS) is 11.8. The fraction of sp³-hybridized carbons (Fsp3) is 0.235. The van der Waals surface area contributed by atoms with Gasteiger partial charge in [0.1, 0.15) is 5.75 Å². The molecule has 3 aromatic rings. The maximum absolute atomic E-state index is 9.38. The average molecular weight is 346 g/mol. The summed E-state index contributed by atoms with van der Waals surface area (Å²) in [5.41, 5.74) is 1.98. The molecule has 0 spiro atoms. The number of hydrogen-bond acceptors (Lipinski definition) is 5. The van der Waals surface area contributed by atoms with E-state index in [1.165, 1.54) is 4.88 Å². The van der Waals surface area contributed by atoms with E-state index in [9.17, 15) is 5.11 Å². The van der Waals surface area contributed by atoms with E-state index in [-0.39, 0.29) is 6.61 Å². The molecule has 0 atom stereocenters. The van der Waals surface area contributed by atoms with Gasteiger partial charge in [-0.25, -0.2) is 4.99 Å². The van der Waals surface area contributed by atoms with Crippen LogP contribution in [0.15, 0.2) is 52.2 Å². The van der Waals surface area contributed by atoms with Gasteiger partial charge in [0.25, 0.3) is 0 Å². The van der Waals surface area contributed by atoms with Crippen molar-refractivity contribution in [2.45, 2.75) is 13.5 Å². The summed E-state index contributed by atoms with van der Waals surface area (Å²) in [5.74, 6) is 0.847. The van der Waals surface area contributed by atoms with E-state index >= 15 is 0 Å². The number of thiazole rings is 1. The number of hydrogen-bond donors (Lipinski definition) is 1. The van der Waals surface area contributed by atoms with Crippen LogP contribution in [0.2, 0.25) is 0 Å². The lowest BCUT2D eigenvalue weighted by molar-refractivity contribution is 0.275. The molecule has 0 radical (unpaired) electrons. The van der Waals surface area contributed by atoms with Gasteiger partial charge in [0.05, 0.1) is 29.5 Å². The maximum atomic E-state index is 9.38. The van der Waals surface area contributed by atoms with Crippen molar-refractivity contribution in [3.05, 3.63) is 52.0 Å². The van der Waals surface area contributed by atoms with Crippen LogP contribution in [0, 0.1) is 0 Å². The van der Waals surface area contributed by atoms with E-state index in [1.807, 2.05) is 37.3 Å². The van der Waals surface area contributed by atoms with Crippen molar-refractivity contribution in [2.75, 3.05) is 13.2 Å². The van der Waals surface area contributed by atoms with Gasteiger partial charge in [-0.05, 0) is 42.6 Å². The van der Waals surface area contributed by atoms with Crippen molar-refractivity contribution < 1.29 is 9.84 Å². The molecular formula is C17H18N2O2S2. The van der Waals surface area contributed by atoms with Gasteiger partial charge in [-0.15, -0.1) is 22.7 Å². The summed E-state index contributed by atoms with van der Waals surface area (Å²) in [6.07, 6.45) is 0. The van der Waals surface area contributed by atoms with Gasteiger partial charge in [-0.1, -0.05) is 6.07 Å². The Labute approximate surface area is 143 Å². The minimum absolute atomic E-state index is 0.0889. The molecule has 120 valence electrons. The van der Waals surface area contributed by atoms with Crippen molar-refractivity contribution in [1.29, 1.82) is 0 Å². The zero-order valence-corrected chi connectivity index (χ0v) is 14.4. The highest BCUT2D eigenvalue weighted by Crippen LogP contribution is 2.25. The Kier molecular flexibility index (Phi) is 5.27. The molecule has 6 heteroatoms. The first-order valence-electron chi connectivity index (χ1n) is 7.42. The molecule has 1 aromatic carbocycles. The number of thiophene rings is 1. The van der Waals surface area contributed by atoms with Crippen LogP contribution < -0.4 is 9.54 Å². The molecule has 0 aliphatic carbocycles. The highest BCUT2D eigenvalue weighted by Gasteiger charge is 2.08. The molecule has 0 fully saturated rings. The second-order valence-electron chi connectivity index (χ2n) is 4.79. The van der Waals surface area contributed by atoms with Crippen molar-refractivity contribution in [3.63, 3.8) is 0 Å². The number of aliphatic hydroxyl groups is 1. The van der Waals surface area contributed by atoms with E-state index in [0.717, 1.165) is 21.9 Å². The third kappa shape index (κ3) is 3.72. The first kappa shape index (κ1) is 16.0. The Morgan fingerprint density at radius 2 is 2.00 bits per heavy atom. The summed E-state index contributed by atoms with van der Waals surface area (Å²) >= 11 is 3.27. The Morgan fingerprint density at radius 1 is 1.17 bits per heavy atom. The summed E-state index contributed by atoms with van der Waals surface area (Å²) in [5, 5.41) is 13.5. The molecule has 0 aliphatic rings. The highest BCUT2D eigenvalue weighted by atomic mass is 32.1. The van der Waals surface area contributed by atoms with Crippen LogP contribution >= 0.6 is 22.7 Å². The van der Waals surface area contributed by atoms with Crippen LogP contribution in [0.5, 0.6) is 5.75 Å². The van der Waals surface area contributed by atoms with Crippen LogP contribution in [-0.2, 0) is 6.54 Å². The first-order valence-corrected chi connectivity index (χ1v) is 9.18. The number of aliphatic hydroxyl groups excluding tert-OH is 1. The van der Waals surface area contributed by atoms with E-state index in [1.54, 1.807) is 22.7 Å². The Balaban J connectivity index is 1.98. The Hall–Kier alpha value is -1.89. The first-order chi connectivity index (χ1) is 11.3. The molecule has 0 unspecified atom stereocenters. The molecule has 23 heavy (non-hydrogen) atoms. The molecule has 1 N–H and O–H groups in total. The zero-order valence-electron chi connectivity index (χ0n) is 12.8. The number of ether oxygens (including phenoxy) is 1. The summed E-state index contributed by atoms with van der Waals surface area (Å²) in [7, 11) is 0. The molecule has 0 bridgehead atoms. The fourth-order valence-electron chi connectivity index (χ4n) is 2.25. The topological polar surface area (TPSA) is 46.8 Å². The van der Waals surface area contributed by atoms with Gasteiger partial charge in [0.15, 0.2) is 4.80 Å². The van der Waals surface area contributed by atoms with Gasteiger partial charge in [-0.2, -0.15) is 0 Å². The molecular weight excluding hydrogens is 328 g/mol. The maximum Gasteiger partial charge on any atom is 0.190 e. The summed E-state index contributed by atoms with van der Waals surface area (Å²) in [6, 6.07) is 11.8. The van der Waals surface area contributed by atoms with E-state index in [0.29, 0.717) is 13.2 Å². The average Bonchev–Trinajstić information content (AvgIpc) is 3.20. The monoisotopic (exact) mass is 346 g/mol. The van der Waals surface area contributed by atoms with Crippen LogP contribution in [0.3, 0.4) is 0 Å². The van der Waals surface area contributed by atoms with Gasteiger partial charge < -0.3 is 14.4 Å². The van der Waals surface area contributed by atoms with Crippen LogP contribution in [-0.4, -0.2) is 22.9 Å². The quantitative estimate of drug-likeness (QED) is 0.736. The second kappa shape index (κ2) is 7.59. The minimum atomic E-state index is 0.0889. The van der Waals surface area contributed by atoms with Gasteiger partial charge in [0.2, 0.25) is 0 Å². The summed E-state index contributed by atoms with van der Waals surface area (Å²) in [4.78, 5) is 6.78. The molecule has 2 aromatic heterocycles. The van der Waals surface area contributed by atoms with Crippen molar-refractivity contribution in [2.24, 2.45) is 4.99 Å².